The number of rotatable bonds is 8. The Bertz CT molecular complexity index is 441. The van der Waals surface area contributed by atoms with Crippen LogP contribution in [0.1, 0.15) is 35.9 Å². The molecule has 3 N–H and O–H groups in total. The molecule has 0 aliphatic rings. The van der Waals surface area contributed by atoms with Gasteiger partial charge in [-0.2, -0.15) is 0 Å². The number of nitrogens with zero attached hydrogens (tertiary/aromatic N) is 1. The summed E-state index contributed by atoms with van der Waals surface area (Å²) in [7, 11) is 0. The second-order valence-electron chi connectivity index (χ2n) is 4.75. The van der Waals surface area contributed by atoms with Gasteiger partial charge < -0.3 is 15.6 Å². The molecule has 0 amide bonds. The first-order valence-electron chi connectivity index (χ1n) is 7.03. The average Bonchev–Trinajstić information content (AvgIpc) is 2.62. The summed E-state index contributed by atoms with van der Waals surface area (Å²) in [5.41, 5.74) is 10.6. The van der Waals surface area contributed by atoms with Gasteiger partial charge in [0.2, 0.25) is 0 Å². The first kappa shape index (κ1) is 15.7. The van der Waals surface area contributed by atoms with Crippen molar-refractivity contribution in [3.8, 4) is 0 Å². The van der Waals surface area contributed by atoms with Crippen LogP contribution < -0.4 is 11.1 Å². The number of nitrogens with two attached hydrogens (primary N) is 1. The molecule has 0 fully saturated rings. The largest absolute Gasteiger partial charge is 0.348 e. The maximum atomic E-state index is 5.46. The van der Waals surface area contributed by atoms with Crippen LogP contribution in [0.15, 0.2) is 12.7 Å². The molecule has 3 nitrogen and oxygen atoms in total. The summed E-state index contributed by atoms with van der Waals surface area (Å²) >= 11 is 0. The van der Waals surface area contributed by atoms with Crippen LogP contribution in [-0.4, -0.2) is 24.2 Å². The molecule has 1 rings (SSSR count). The maximum Gasteiger partial charge on any atom is 0.0237 e. The van der Waals surface area contributed by atoms with Gasteiger partial charge in [-0.25, -0.2) is 0 Å². The van der Waals surface area contributed by atoms with E-state index in [9.17, 15) is 0 Å². The lowest BCUT2D eigenvalue weighted by Crippen LogP contribution is -2.24. The number of hydrogen-bond acceptors (Lipinski definition) is 2. The Kier molecular flexibility index (Phi) is 6.60. The van der Waals surface area contributed by atoms with Gasteiger partial charge in [-0.1, -0.05) is 24.8 Å². The summed E-state index contributed by atoms with van der Waals surface area (Å²) in [6.07, 6.45) is 7.33. The van der Waals surface area contributed by atoms with E-state index < -0.39 is 0 Å². The molecular weight excluding hydrogens is 234 g/mol. The molecule has 0 radical (unpaired) electrons. The van der Waals surface area contributed by atoms with E-state index in [1.165, 1.54) is 22.5 Å². The zero-order chi connectivity index (χ0) is 14.3. The van der Waals surface area contributed by atoms with Gasteiger partial charge in [-0.3, -0.25) is 0 Å². The molecule has 1 aromatic rings. The van der Waals surface area contributed by atoms with Crippen molar-refractivity contribution in [1.82, 2.24) is 9.88 Å². The number of nitrogens with one attached hydrogen (secondary N) is 1. The highest BCUT2D eigenvalue weighted by Gasteiger charge is 2.12. The molecule has 0 saturated heterocycles. The van der Waals surface area contributed by atoms with Gasteiger partial charge in [0.05, 0.1) is 0 Å². The van der Waals surface area contributed by atoms with Gasteiger partial charge in [-0.05, 0) is 33.7 Å². The average molecular weight is 261 g/mol. The van der Waals surface area contributed by atoms with E-state index in [4.69, 9.17) is 5.73 Å². The van der Waals surface area contributed by atoms with E-state index in [2.05, 4.69) is 49.4 Å². The molecular formula is C16H27N3. The minimum Gasteiger partial charge on any atom is -0.348 e. The third-order valence-corrected chi connectivity index (χ3v) is 3.47. The minimum atomic E-state index is 0.702. The van der Waals surface area contributed by atoms with Gasteiger partial charge >= 0.3 is 0 Å². The van der Waals surface area contributed by atoms with E-state index in [1.807, 2.05) is 6.08 Å². The normalized spacial score (nSPS) is 11.4. The summed E-state index contributed by atoms with van der Waals surface area (Å²) in [5.74, 6) is 0. The lowest BCUT2D eigenvalue weighted by atomic mass is 10.1. The van der Waals surface area contributed by atoms with E-state index in [0.717, 1.165) is 26.1 Å². The van der Waals surface area contributed by atoms with Gasteiger partial charge in [0.25, 0.3) is 0 Å². The van der Waals surface area contributed by atoms with Crippen molar-refractivity contribution in [3.05, 3.63) is 35.2 Å². The predicted molar refractivity (Wildman–Crippen MR) is 85.2 cm³/mol. The van der Waals surface area contributed by atoms with Crippen LogP contribution in [0, 0.1) is 13.8 Å². The Labute approximate surface area is 117 Å². The molecule has 1 heterocycles. The van der Waals surface area contributed by atoms with Gasteiger partial charge in [0, 0.05) is 42.1 Å². The van der Waals surface area contributed by atoms with Crippen molar-refractivity contribution in [2.75, 3.05) is 19.6 Å². The quantitative estimate of drug-likeness (QED) is 0.707. The summed E-state index contributed by atoms with van der Waals surface area (Å²) in [5, 5.41) is 3.33. The van der Waals surface area contributed by atoms with Crippen LogP contribution in [0.4, 0.5) is 0 Å². The molecule has 0 aliphatic heterocycles. The van der Waals surface area contributed by atoms with E-state index in [0.29, 0.717) is 6.54 Å². The fourth-order valence-electron chi connectivity index (χ4n) is 2.49. The fourth-order valence-corrected chi connectivity index (χ4v) is 2.49. The number of allylic oxidation sites excluding steroid dienone is 1. The van der Waals surface area contributed by atoms with Crippen LogP contribution in [0.25, 0.3) is 12.2 Å². The Balaban J connectivity index is 2.80. The molecule has 106 valence electrons. The van der Waals surface area contributed by atoms with Crippen LogP contribution in [0.3, 0.4) is 0 Å². The van der Waals surface area contributed by atoms with Crippen LogP contribution in [0.2, 0.25) is 0 Å². The second kappa shape index (κ2) is 7.97. The first-order valence-corrected chi connectivity index (χ1v) is 7.03. The molecule has 0 aromatic carbocycles. The zero-order valence-corrected chi connectivity index (χ0v) is 12.5. The first-order chi connectivity index (χ1) is 9.17. The highest BCUT2D eigenvalue weighted by atomic mass is 15.0. The Morgan fingerprint density at radius 3 is 2.47 bits per heavy atom. The van der Waals surface area contributed by atoms with E-state index in [1.54, 1.807) is 0 Å². The molecule has 0 unspecified atom stereocenters. The zero-order valence-electron chi connectivity index (χ0n) is 12.5. The SMILES string of the molecule is C=Cc1c(/C=C\C)c(C)n(CCCNCCN)c1C. The second-order valence-corrected chi connectivity index (χ2v) is 4.75. The summed E-state index contributed by atoms with van der Waals surface area (Å²) in [4.78, 5) is 0. The van der Waals surface area contributed by atoms with Crippen molar-refractivity contribution in [3.63, 3.8) is 0 Å². The smallest absolute Gasteiger partial charge is 0.0237 e. The van der Waals surface area contributed by atoms with E-state index >= 15 is 0 Å². The van der Waals surface area contributed by atoms with Crippen LogP contribution in [0.5, 0.6) is 0 Å². The predicted octanol–water partition coefficient (Wildman–Crippen LogP) is 2.72. The van der Waals surface area contributed by atoms with E-state index in [-0.39, 0.29) is 0 Å². The lowest BCUT2D eigenvalue weighted by molar-refractivity contribution is 0.571. The molecule has 0 atom stereocenters. The fraction of sp³-hybridized carbons (Fsp3) is 0.500. The molecule has 0 aliphatic carbocycles. The standard InChI is InChI=1S/C16H27N3/c1-5-8-16-14(4)19(13(3)15(16)6-2)12-7-10-18-11-9-17/h5-6,8,18H,2,7,9-12,17H2,1,3-4H3/b8-5-. The highest BCUT2D eigenvalue weighted by molar-refractivity contribution is 5.69. The van der Waals surface area contributed by atoms with Crippen molar-refractivity contribution >= 4 is 12.2 Å². The van der Waals surface area contributed by atoms with Gasteiger partial charge in [0.15, 0.2) is 0 Å². The Morgan fingerprint density at radius 2 is 1.89 bits per heavy atom. The summed E-state index contributed by atoms with van der Waals surface area (Å²) in [6.45, 7) is 14.0. The third-order valence-electron chi connectivity index (χ3n) is 3.47. The summed E-state index contributed by atoms with van der Waals surface area (Å²) < 4.78 is 2.39. The summed E-state index contributed by atoms with van der Waals surface area (Å²) in [6, 6.07) is 0. The van der Waals surface area contributed by atoms with Gasteiger partial charge in [0.1, 0.15) is 0 Å². The van der Waals surface area contributed by atoms with Crippen molar-refractivity contribution < 1.29 is 0 Å². The topological polar surface area (TPSA) is 43.0 Å². The molecule has 0 spiro atoms. The van der Waals surface area contributed by atoms with Crippen molar-refractivity contribution in [2.24, 2.45) is 5.73 Å². The van der Waals surface area contributed by atoms with Crippen molar-refractivity contribution in [2.45, 2.75) is 33.7 Å². The maximum absolute atomic E-state index is 5.46. The molecule has 3 heteroatoms. The Morgan fingerprint density at radius 1 is 1.21 bits per heavy atom. The number of hydrogen-bond donors (Lipinski definition) is 2. The number of aromatic nitrogens is 1. The van der Waals surface area contributed by atoms with Crippen molar-refractivity contribution in [1.29, 1.82) is 0 Å². The Hall–Kier alpha value is -1.32. The van der Waals surface area contributed by atoms with Gasteiger partial charge in [-0.15, -0.1) is 0 Å². The minimum absolute atomic E-state index is 0.702. The highest BCUT2D eigenvalue weighted by Crippen LogP contribution is 2.25. The molecule has 0 saturated carbocycles. The van der Waals surface area contributed by atoms with Crippen LogP contribution in [-0.2, 0) is 6.54 Å². The van der Waals surface area contributed by atoms with Crippen LogP contribution >= 0.6 is 0 Å². The molecule has 19 heavy (non-hydrogen) atoms. The lowest BCUT2D eigenvalue weighted by Gasteiger charge is -2.10. The third kappa shape index (κ3) is 3.82. The monoisotopic (exact) mass is 261 g/mol. The molecule has 0 bridgehead atoms. The molecule has 1 aromatic heterocycles.